The number of benzene rings is 1. The fourth-order valence-corrected chi connectivity index (χ4v) is 2.63. The van der Waals surface area contributed by atoms with Crippen LogP contribution in [0.2, 0.25) is 0 Å². The highest BCUT2D eigenvalue weighted by atomic mass is 32.2. The van der Waals surface area contributed by atoms with Crippen LogP contribution < -0.4 is 4.72 Å². The summed E-state index contributed by atoms with van der Waals surface area (Å²) in [5, 5.41) is 8.86. The summed E-state index contributed by atoms with van der Waals surface area (Å²) in [5.41, 5.74) is -0.628. The number of carboxylic acids is 1. The van der Waals surface area contributed by atoms with Gasteiger partial charge in [-0.25, -0.2) is 17.6 Å². The van der Waals surface area contributed by atoms with Crippen molar-refractivity contribution < 1.29 is 22.7 Å². The zero-order valence-electron chi connectivity index (χ0n) is 10.0. The number of anilines is 1. The van der Waals surface area contributed by atoms with Gasteiger partial charge in [-0.05, 0) is 25.0 Å². The van der Waals surface area contributed by atoms with Gasteiger partial charge in [0, 0.05) is 0 Å². The standard InChI is InChI=1S/C11H14FNO4S/c1-3-6-18(16,17)13-8-5-4-7(2)9(10(8)12)11(14)15/h4-5,13H,3,6H2,1-2H3,(H,14,15). The minimum Gasteiger partial charge on any atom is -0.478 e. The van der Waals surface area contributed by atoms with Crippen molar-refractivity contribution in [3.05, 3.63) is 29.1 Å². The molecule has 1 rings (SSSR count). The van der Waals surface area contributed by atoms with Gasteiger partial charge in [0.15, 0.2) is 5.82 Å². The number of nitrogens with one attached hydrogen (secondary N) is 1. The molecule has 5 nitrogen and oxygen atoms in total. The van der Waals surface area contributed by atoms with Gasteiger partial charge in [-0.2, -0.15) is 0 Å². The minimum absolute atomic E-state index is 0.150. The molecule has 2 N–H and O–H groups in total. The number of rotatable bonds is 5. The zero-order valence-corrected chi connectivity index (χ0v) is 10.8. The molecule has 18 heavy (non-hydrogen) atoms. The first kappa shape index (κ1) is 14.4. The summed E-state index contributed by atoms with van der Waals surface area (Å²) in [7, 11) is -3.65. The third-order valence-corrected chi connectivity index (χ3v) is 3.78. The van der Waals surface area contributed by atoms with Crippen molar-refractivity contribution in [2.75, 3.05) is 10.5 Å². The summed E-state index contributed by atoms with van der Waals surface area (Å²) in [5.74, 6) is -2.65. The van der Waals surface area contributed by atoms with E-state index in [4.69, 9.17) is 5.11 Å². The van der Waals surface area contributed by atoms with E-state index in [0.29, 0.717) is 6.42 Å². The maximum absolute atomic E-state index is 13.8. The van der Waals surface area contributed by atoms with Gasteiger partial charge in [-0.3, -0.25) is 4.72 Å². The molecule has 0 radical (unpaired) electrons. The van der Waals surface area contributed by atoms with Crippen molar-refractivity contribution in [3.63, 3.8) is 0 Å². The van der Waals surface area contributed by atoms with Crippen molar-refractivity contribution in [1.82, 2.24) is 0 Å². The highest BCUT2D eigenvalue weighted by molar-refractivity contribution is 7.92. The lowest BCUT2D eigenvalue weighted by Crippen LogP contribution is -2.18. The smallest absolute Gasteiger partial charge is 0.339 e. The van der Waals surface area contributed by atoms with Crippen LogP contribution in [-0.4, -0.2) is 25.2 Å². The predicted octanol–water partition coefficient (Wildman–Crippen LogP) is 1.98. The van der Waals surface area contributed by atoms with E-state index in [-0.39, 0.29) is 17.0 Å². The molecule has 0 atom stereocenters. The molecule has 100 valence electrons. The monoisotopic (exact) mass is 275 g/mol. The SMILES string of the molecule is CCCS(=O)(=O)Nc1ccc(C)c(C(=O)O)c1F. The minimum atomic E-state index is -3.65. The molecular formula is C11H14FNO4S. The van der Waals surface area contributed by atoms with Crippen LogP contribution in [0.1, 0.15) is 29.3 Å². The Morgan fingerprint density at radius 1 is 1.44 bits per heavy atom. The second kappa shape index (κ2) is 5.34. The Bertz CT molecular complexity index is 569. The number of carbonyl (C=O) groups is 1. The molecule has 0 fully saturated rings. The second-order valence-corrected chi connectivity index (χ2v) is 5.69. The molecule has 1 aromatic carbocycles. The van der Waals surface area contributed by atoms with Gasteiger partial charge in [0.25, 0.3) is 0 Å². The van der Waals surface area contributed by atoms with Crippen molar-refractivity contribution in [1.29, 1.82) is 0 Å². The molecule has 1 aromatic rings. The fraction of sp³-hybridized carbons (Fsp3) is 0.364. The van der Waals surface area contributed by atoms with E-state index >= 15 is 0 Å². The molecule has 0 spiro atoms. The molecule has 0 heterocycles. The molecule has 0 aliphatic rings. The molecule has 0 unspecified atom stereocenters. The van der Waals surface area contributed by atoms with E-state index in [9.17, 15) is 17.6 Å². The predicted molar refractivity (Wildman–Crippen MR) is 65.8 cm³/mol. The van der Waals surface area contributed by atoms with Gasteiger partial charge >= 0.3 is 5.97 Å². The first-order valence-electron chi connectivity index (χ1n) is 5.31. The number of aryl methyl sites for hydroxylation is 1. The van der Waals surface area contributed by atoms with Crippen LogP contribution in [0.5, 0.6) is 0 Å². The highest BCUT2D eigenvalue weighted by Gasteiger charge is 2.20. The van der Waals surface area contributed by atoms with Gasteiger partial charge < -0.3 is 5.11 Å². The molecule has 0 aliphatic heterocycles. The van der Waals surface area contributed by atoms with Crippen molar-refractivity contribution in [2.24, 2.45) is 0 Å². The fourth-order valence-electron chi connectivity index (χ4n) is 1.50. The summed E-state index contributed by atoms with van der Waals surface area (Å²) in [6.07, 6.45) is 0.384. The van der Waals surface area contributed by atoms with Crippen LogP contribution in [-0.2, 0) is 10.0 Å². The normalized spacial score (nSPS) is 11.3. The quantitative estimate of drug-likeness (QED) is 0.860. The molecule has 7 heteroatoms. The lowest BCUT2D eigenvalue weighted by atomic mass is 10.1. The van der Waals surface area contributed by atoms with Crippen LogP contribution in [0, 0.1) is 12.7 Å². The summed E-state index contributed by atoms with van der Waals surface area (Å²) in [4.78, 5) is 10.9. The summed E-state index contributed by atoms with van der Waals surface area (Å²) < 4.78 is 38.9. The summed E-state index contributed by atoms with van der Waals surface area (Å²) in [6, 6.07) is 2.57. The third-order valence-electron chi connectivity index (χ3n) is 2.30. The first-order chi connectivity index (χ1) is 8.28. The summed E-state index contributed by atoms with van der Waals surface area (Å²) >= 11 is 0. The van der Waals surface area contributed by atoms with E-state index in [2.05, 4.69) is 0 Å². The number of hydrogen-bond donors (Lipinski definition) is 2. The maximum atomic E-state index is 13.8. The van der Waals surface area contributed by atoms with Crippen LogP contribution in [0.15, 0.2) is 12.1 Å². The van der Waals surface area contributed by atoms with E-state index in [1.54, 1.807) is 6.92 Å². The molecule has 0 aromatic heterocycles. The lowest BCUT2D eigenvalue weighted by Gasteiger charge is -2.11. The third kappa shape index (κ3) is 3.19. The number of carboxylic acid groups (broad SMARTS) is 1. The van der Waals surface area contributed by atoms with Gasteiger partial charge in [0.05, 0.1) is 11.4 Å². The molecule has 0 bridgehead atoms. The highest BCUT2D eigenvalue weighted by Crippen LogP contribution is 2.22. The second-order valence-electron chi connectivity index (χ2n) is 3.85. The first-order valence-corrected chi connectivity index (χ1v) is 6.96. The van der Waals surface area contributed by atoms with Gasteiger partial charge in [-0.1, -0.05) is 13.0 Å². The van der Waals surface area contributed by atoms with Crippen molar-refractivity contribution in [2.45, 2.75) is 20.3 Å². The Balaban J connectivity index is 3.21. The molecule has 0 saturated carbocycles. The Morgan fingerprint density at radius 3 is 2.56 bits per heavy atom. The largest absolute Gasteiger partial charge is 0.478 e. The van der Waals surface area contributed by atoms with E-state index in [1.807, 2.05) is 4.72 Å². The molecule has 0 amide bonds. The number of hydrogen-bond acceptors (Lipinski definition) is 3. The Labute approximate surface area is 105 Å². The maximum Gasteiger partial charge on any atom is 0.339 e. The topological polar surface area (TPSA) is 83.5 Å². The number of halogens is 1. The van der Waals surface area contributed by atoms with Crippen LogP contribution in [0.3, 0.4) is 0 Å². The molecular weight excluding hydrogens is 261 g/mol. The van der Waals surface area contributed by atoms with Crippen molar-refractivity contribution in [3.8, 4) is 0 Å². The average molecular weight is 275 g/mol. The average Bonchev–Trinajstić information content (AvgIpc) is 2.21. The Hall–Kier alpha value is -1.63. The van der Waals surface area contributed by atoms with Crippen LogP contribution in [0.4, 0.5) is 10.1 Å². The van der Waals surface area contributed by atoms with Crippen LogP contribution >= 0.6 is 0 Å². The van der Waals surface area contributed by atoms with Gasteiger partial charge in [0.2, 0.25) is 10.0 Å². The van der Waals surface area contributed by atoms with Crippen molar-refractivity contribution >= 4 is 21.7 Å². The van der Waals surface area contributed by atoms with Gasteiger partial charge in [0.1, 0.15) is 5.56 Å². The Kier molecular flexibility index (Phi) is 4.28. The lowest BCUT2D eigenvalue weighted by molar-refractivity contribution is 0.0691. The van der Waals surface area contributed by atoms with E-state index in [1.165, 1.54) is 19.1 Å². The molecule has 0 saturated heterocycles. The van der Waals surface area contributed by atoms with E-state index < -0.39 is 27.4 Å². The Morgan fingerprint density at radius 2 is 2.06 bits per heavy atom. The van der Waals surface area contributed by atoms with Gasteiger partial charge in [-0.15, -0.1) is 0 Å². The van der Waals surface area contributed by atoms with Crippen LogP contribution in [0.25, 0.3) is 0 Å². The molecule has 0 aliphatic carbocycles. The number of sulfonamides is 1. The summed E-state index contributed by atoms with van der Waals surface area (Å²) in [6.45, 7) is 3.12. The zero-order chi connectivity index (χ0) is 13.9. The number of aromatic carboxylic acids is 1. The van der Waals surface area contributed by atoms with E-state index in [0.717, 1.165) is 0 Å².